The quantitative estimate of drug-likeness (QED) is 0.0710. The minimum Gasteiger partial charge on any atom is -0.491 e. The van der Waals surface area contributed by atoms with Crippen molar-refractivity contribution in [1.82, 2.24) is 0 Å². The van der Waals surface area contributed by atoms with E-state index in [9.17, 15) is 5.11 Å². The Hall–Kier alpha value is -5.28. The predicted octanol–water partition coefficient (Wildman–Crippen LogP) is 11.3. The molecule has 1 fully saturated rings. The second kappa shape index (κ2) is 16.4. The van der Waals surface area contributed by atoms with Crippen LogP contribution in [0.2, 0.25) is 0 Å². The normalized spacial score (nSPS) is 13.9. The summed E-state index contributed by atoms with van der Waals surface area (Å²) < 4.78 is 27.9. The Morgan fingerprint density at radius 1 is 0.833 bits per heavy atom. The summed E-state index contributed by atoms with van der Waals surface area (Å²) in [4.78, 5) is 0. The van der Waals surface area contributed by atoms with E-state index in [2.05, 4.69) is 74.2 Å². The van der Waals surface area contributed by atoms with Crippen LogP contribution in [0.5, 0.6) is 5.75 Å². The van der Waals surface area contributed by atoms with Crippen LogP contribution in [0, 0.1) is 41.3 Å². The van der Waals surface area contributed by atoms with E-state index in [4.69, 9.17) is 14.9 Å². The first-order valence-electron chi connectivity index (χ1n) is 19.1. The number of fused-ring (bicyclic) bond motifs is 2. The molecule has 0 aromatic heterocycles. The zero-order chi connectivity index (χ0) is 37.7. The van der Waals surface area contributed by atoms with Crippen molar-refractivity contribution in [2.24, 2.45) is 11.3 Å². The summed E-state index contributed by atoms with van der Waals surface area (Å²) in [5.74, 6) is 7.42. The van der Waals surface area contributed by atoms with Crippen LogP contribution in [0.4, 0.5) is 4.39 Å². The Kier molecular flexibility index (Phi) is 11.2. The predicted molar refractivity (Wildman–Crippen MR) is 220 cm³/mol. The van der Waals surface area contributed by atoms with E-state index in [-0.39, 0.29) is 17.8 Å². The Balaban J connectivity index is 1.04. The Morgan fingerprint density at radius 2 is 1.59 bits per heavy atom. The molecular formula is C49H48FNO3. The number of aliphatic hydroxyl groups excluding tert-OH is 1. The Labute approximate surface area is 318 Å². The molecule has 2 N–H and O–H groups in total. The number of rotatable bonds is 13. The lowest BCUT2D eigenvalue weighted by Crippen LogP contribution is -2.36. The van der Waals surface area contributed by atoms with Crippen LogP contribution >= 0.6 is 0 Å². The zero-order valence-corrected chi connectivity index (χ0v) is 31.5. The third kappa shape index (κ3) is 7.97. The molecule has 1 unspecified atom stereocenters. The lowest BCUT2D eigenvalue weighted by Gasteiger charge is -2.42. The standard InChI is InChI=1S/C49H48FNO3/c1-4-49(3,42-6-5-7-42)32-53-24-25-54-43-18-21-45-40(29-43)17-20-46(47(45)31-51)41-26-33(2)44(48(50)30-41)19-11-35-10-14-39-28-38(16-15-37(39)27-35)36-12-8-34(9-13-36)22-23-52/h8-10,12-18,20-21,26-31,42,51-52H,4-7,22-25,32H2,1-3H3. The fraction of sp³-hybridized carbons (Fsp3) is 0.286. The second-order valence-corrected chi connectivity index (χ2v) is 14.9. The van der Waals surface area contributed by atoms with Gasteiger partial charge in [0.15, 0.2) is 0 Å². The van der Waals surface area contributed by atoms with Crippen molar-refractivity contribution >= 4 is 27.8 Å². The molecule has 1 aliphatic rings. The molecule has 1 saturated carbocycles. The minimum absolute atomic E-state index is 0.143. The third-order valence-electron chi connectivity index (χ3n) is 11.5. The number of hydrogen-bond donors (Lipinski definition) is 2. The van der Waals surface area contributed by atoms with E-state index < -0.39 is 0 Å². The molecule has 0 saturated heterocycles. The Morgan fingerprint density at radius 3 is 2.31 bits per heavy atom. The van der Waals surface area contributed by atoms with E-state index in [0.29, 0.717) is 30.8 Å². The van der Waals surface area contributed by atoms with Crippen molar-refractivity contribution in [3.05, 3.63) is 137 Å². The molecule has 0 spiro atoms. The summed E-state index contributed by atoms with van der Waals surface area (Å²) in [7, 11) is 0. The minimum atomic E-state index is -0.387. The molecule has 6 aromatic rings. The van der Waals surface area contributed by atoms with Gasteiger partial charge in [-0.05, 0) is 141 Å². The van der Waals surface area contributed by atoms with Crippen molar-refractivity contribution in [3.8, 4) is 39.8 Å². The molecule has 7 rings (SSSR count). The summed E-state index contributed by atoms with van der Waals surface area (Å²) >= 11 is 0. The molecule has 0 radical (unpaired) electrons. The van der Waals surface area contributed by atoms with Gasteiger partial charge in [-0.15, -0.1) is 0 Å². The first-order chi connectivity index (χ1) is 26.3. The van der Waals surface area contributed by atoms with Crippen molar-refractivity contribution in [3.63, 3.8) is 0 Å². The highest BCUT2D eigenvalue weighted by atomic mass is 19.1. The highest BCUT2D eigenvalue weighted by Crippen LogP contribution is 2.44. The number of aliphatic hydroxyl groups is 1. The highest BCUT2D eigenvalue weighted by molar-refractivity contribution is 6.05. The van der Waals surface area contributed by atoms with Crippen LogP contribution in [-0.2, 0) is 11.2 Å². The van der Waals surface area contributed by atoms with Gasteiger partial charge in [-0.25, -0.2) is 4.39 Å². The van der Waals surface area contributed by atoms with Crippen molar-refractivity contribution in [1.29, 1.82) is 5.41 Å². The van der Waals surface area contributed by atoms with Gasteiger partial charge in [0.1, 0.15) is 18.2 Å². The smallest absolute Gasteiger partial charge is 0.139 e. The topological polar surface area (TPSA) is 62.5 Å². The number of benzene rings is 6. The maximum Gasteiger partial charge on any atom is 0.139 e. The van der Waals surface area contributed by atoms with Crippen LogP contribution in [0.3, 0.4) is 0 Å². The summed E-state index contributed by atoms with van der Waals surface area (Å²) in [6.45, 7) is 8.42. The van der Waals surface area contributed by atoms with Gasteiger partial charge in [0.25, 0.3) is 0 Å². The SMILES string of the molecule is CCC(C)(COCCOc1ccc2c(C=N)c(-c3cc(C)c(C#Cc4ccc5cc(-c6ccc(CCO)cc6)ccc5c4)c(F)c3)ccc2c1)C1CCC1. The fourth-order valence-electron chi connectivity index (χ4n) is 7.66. The van der Waals surface area contributed by atoms with Gasteiger partial charge in [0.05, 0.1) is 18.8 Å². The monoisotopic (exact) mass is 717 g/mol. The number of ether oxygens (including phenoxy) is 2. The lowest BCUT2D eigenvalue weighted by molar-refractivity contribution is -0.0192. The third-order valence-corrected chi connectivity index (χ3v) is 11.5. The average molecular weight is 718 g/mol. The van der Waals surface area contributed by atoms with Crippen molar-refractivity contribution in [2.75, 3.05) is 26.4 Å². The van der Waals surface area contributed by atoms with Gasteiger partial charge in [0.2, 0.25) is 0 Å². The van der Waals surface area contributed by atoms with Gasteiger partial charge >= 0.3 is 0 Å². The number of halogens is 1. The van der Waals surface area contributed by atoms with Crippen LogP contribution in [-0.4, -0.2) is 37.7 Å². The highest BCUT2D eigenvalue weighted by Gasteiger charge is 2.36. The van der Waals surface area contributed by atoms with E-state index in [1.165, 1.54) is 31.5 Å². The van der Waals surface area contributed by atoms with E-state index in [0.717, 1.165) is 85.2 Å². The zero-order valence-electron chi connectivity index (χ0n) is 31.5. The van der Waals surface area contributed by atoms with Crippen LogP contribution in [0.25, 0.3) is 43.8 Å². The molecular weight excluding hydrogens is 670 g/mol. The molecule has 0 amide bonds. The summed E-state index contributed by atoms with van der Waals surface area (Å²) in [6, 6.07) is 34.0. The molecule has 274 valence electrons. The number of aryl methyl sites for hydroxylation is 1. The summed E-state index contributed by atoms with van der Waals surface area (Å²) in [5.41, 5.74) is 7.75. The largest absolute Gasteiger partial charge is 0.491 e. The number of hydrogen-bond acceptors (Lipinski definition) is 4. The molecule has 1 aliphatic carbocycles. The molecule has 6 aromatic carbocycles. The molecule has 54 heavy (non-hydrogen) atoms. The van der Waals surface area contributed by atoms with Crippen LogP contribution < -0.4 is 4.74 Å². The van der Waals surface area contributed by atoms with Crippen LogP contribution in [0.1, 0.15) is 67.3 Å². The summed E-state index contributed by atoms with van der Waals surface area (Å²) in [5, 5.41) is 21.5. The lowest BCUT2D eigenvalue weighted by atomic mass is 9.65. The van der Waals surface area contributed by atoms with Gasteiger partial charge in [-0.3, -0.25) is 0 Å². The average Bonchev–Trinajstić information content (AvgIpc) is 3.16. The maximum absolute atomic E-state index is 15.7. The first-order valence-corrected chi connectivity index (χ1v) is 19.1. The molecule has 1 atom stereocenters. The van der Waals surface area contributed by atoms with E-state index in [1.54, 1.807) is 0 Å². The molecule has 0 bridgehead atoms. The van der Waals surface area contributed by atoms with Gasteiger partial charge in [0, 0.05) is 23.9 Å². The van der Waals surface area contributed by atoms with E-state index >= 15 is 4.39 Å². The van der Waals surface area contributed by atoms with Gasteiger partial charge in [-0.1, -0.05) is 92.8 Å². The fourth-order valence-corrected chi connectivity index (χ4v) is 7.66. The first kappa shape index (κ1) is 37.1. The summed E-state index contributed by atoms with van der Waals surface area (Å²) in [6.07, 6.45) is 7.09. The number of nitrogens with one attached hydrogen (secondary N) is 1. The maximum atomic E-state index is 15.7. The molecule has 0 aliphatic heterocycles. The molecule has 0 heterocycles. The van der Waals surface area contributed by atoms with Crippen LogP contribution in [0.15, 0.2) is 103 Å². The van der Waals surface area contributed by atoms with Gasteiger partial charge < -0.3 is 20.0 Å². The second-order valence-electron chi connectivity index (χ2n) is 14.9. The molecule has 5 heteroatoms. The Bertz CT molecular complexity index is 2340. The van der Waals surface area contributed by atoms with Gasteiger partial charge in [-0.2, -0.15) is 0 Å². The van der Waals surface area contributed by atoms with Crippen molar-refractivity contribution in [2.45, 2.75) is 52.9 Å². The van der Waals surface area contributed by atoms with E-state index in [1.807, 2.05) is 55.5 Å². The molecule has 4 nitrogen and oxygen atoms in total. The van der Waals surface area contributed by atoms with Crippen molar-refractivity contribution < 1.29 is 19.0 Å².